The van der Waals surface area contributed by atoms with E-state index in [4.69, 9.17) is 9.47 Å². The number of aromatic nitrogens is 4. The first-order valence-electron chi connectivity index (χ1n) is 9.48. The summed E-state index contributed by atoms with van der Waals surface area (Å²) in [7, 11) is 0. The molecule has 28 heavy (non-hydrogen) atoms. The van der Waals surface area contributed by atoms with Gasteiger partial charge in [0, 0.05) is 39.3 Å². The lowest BCUT2D eigenvalue weighted by atomic mass is 10.1. The van der Waals surface area contributed by atoms with Gasteiger partial charge in [-0.25, -0.2) is 0 Å². The van der Waals surface area contributed by atoms with Crippen LogP contribution in [0.15, 0.2) is 29.6 Å². The molecule has 1 saturated heterocycles. The van der Waals surface area contributed by atoms with Crippen molar-refractivity contribution in [2.24, 2.45) is 0 Å². The molecule has 0 aliphatic carbocycles. The fourth-order valence-electron chi connectivity index (χ4n) is 3.71. The molecule has 1 fully saturated rings. The Morgan fingerprint density at radius 3 is 2.54 bits per heavy atom. The van der Waals surface area contributed by atoms with Crippen LogP contribution in [0.2, 0.25) is 0 Å². The van der Waals surface area contributed by atoms with Crippen LogP contribution in [0.5, 0.6) is 11.5 Å². The second kappa shape index (κ2) is 7.86. The number of thiophene rings is 1. The molecule has 9 heteroatoms. The Morgan fingerprint density at radius 1 is 0.964 bits per heavy atom. The number of tetrazole rings is 1. The summed E-state index contributed by atoms with van der Waals surface area (Å²) in [5.74, 6) is 2.41. The SMILES string of the molecule is c1cc(CN2CCN(Cc3ccc4c(c3)OCCO4)CC2)c(-c2nn[nH]n2)s1. The molecule has 2 aromatic heterocycles. The number of aromatic amines is 1. The van der Waals surface area contributed by atoms with E-state index in [9.17, 15) is 0 Å². The van der Waals surface area contributed by atoms with Crippen LogP contribution in [-0.4, -0.2) is 69.8 Å². The third kappa shape index (κ3) is 3.73. The minimum Gasteiger partial charge on any atom is -0.486 e. The summed E-state index contributed by atoms with van der Waals surface area (Å²) in [4.78, 5) is 6.09. The molecule has 0 saturated carbocycles. The van der Waals surface area contributed by atoms with Gasteiger partial charge in [-0.3, -0.25) is 9.80 Å². The minimum atomic E-state index is 0.629. The summed E-state index contributed by atoms with van der Waals surface area (Å²) in [6.45, 7) is 7.32. The number of hydrogen-bond donors (Lipinski definition) is 1. The monoisotopic (exact) mass is 398 g/mol. The molecule has 1 aromatic carbocycles. The van der Waals surface area contributed by atoms with Gasteiger partial charge in [-0.2, -0.15) is 5.21 Å². The molecule has 3 aromatic rings. The topological polar surface area (TPSA) is 79.4 Å². The van der Waals surface area contributed by atoms with Gasteiger partial charge in [0.25, 0.3) is 0 Å². The molecule has 2 aliphatic rings. The van der Waals surface area contributed by atoms with Crippen molar-refractivity contribution in [2.45, 2.75) is 13.1 Å². The smallest absolute Gasteiger partial charge is 0.214 e. The summed E-state index contributed by atoms with van der Waals surface area (Å²) in [5.41, 5.74) is 2.54. The van der Waals surface area contributed by atoms with Crippen LogP contribution in [0.1, 0.15) is 11.1 Å². The average Bonchev–Trinajstić information content (AvgIpc) is 3.41. The number of H-pyrrole nitrogens is 1. The van der Waals surface area contributed by atoms with E-state index in [-0.39, 0.29) is 0 Å². The van der Waals surface area contributed by atoms with E-state index in [0.29, 0.717) is 19.0 Å². The third-order valence-electron chi connectivity index (χ3n) is 5.17. The fraction of sp³-hybridized carbons (Fsp3) is 0.421. The second-order valence-corrected chi connectivity index (χ2v) is 7.96. The summed E-state index contributed by atoms with van der Waals surface area (Å²) in [6, 6.07) is 8.44. The van der Waals surface area contributed by atoms with Gasteiger partial charge in [0.05, 0.1) is 4.88 Å². The molecule has 4 heterocycles. The minimum absolute atomic E-state index is 0.629. The molecule has 146 valence electrons. The quantitative estimate of drug-likeness (QED) is 0.704. The summed E-state index contributed by atoms with van der Waals surface area (Å²) in [5, 5.41) is 16.5. The summed E-state index contributed by atoms with van der Waals surface area (Å²) < 4.78 is 11.3. The molecular formula is C19H22N6O2S. The Kier molecular flexibility index (Phi) is 4.94. The van der Waals surface area contributed by atoms with Gasteiger partial charge in [0.2, 0.25) is 5.82 Å². The summed E-state index contributed by atoms with van der Waals surface area (Å²) >= 11 is 1.67. The Hall–Kier alpha value is -2.49. The van der Waals surface area contributed by atoms with Crippen LogP contribution >= 0.6 is 11.3 Å². The normalized spacial score (nSPS) is 17.7. The van der Waals surface area contributed by atoms with Crippen molar-refractivity contribution >= 4 is 11.3 Å². The number of rotatable bonds is 5. The number of hydrogen-bond acceptors (Lipinski definition) is 8. The van der Waals surface area contributed by atoms with Crippen molar-refractivity contribution in [3.05, 3.63) is 40.8 Å². The standard InChI is InChI=1S/C19H22N6O2S/c1-2-16-17(27-9-8-26-16)11-14(1)12-24-4-6-25(7-5-24)13-15-3-10-28-18(15)19-20-22-23-21-19/h1-3,10-11H,4-9,12-13H2,(H,20,21,22,23). The first-order valence-corrected chi connectivity index (χ1v) is 10.4. The van der Waals surface area contributed by atoms with Gasteiger partial charge in [0.15, 0.2) is 11.5 Å². The van der Waals surface area contributed by atoms with Crippen LogP contribution in [-0.2, 0) is 13.1 Å². The highest BCUT2D eigenvalue weighted by Gasteiger charge is 2.20. The number of nitrogens with zero attached hydrogens (tertiary/aromatic N) is 5. The lowest BCUT2D eigenvalue weighted by molar-refractivity contribution is 0.122. The zero-order valence-electron chi connectivity index (χ0n) is 15.5. The van der Waals surface area contributed by atoms with Crippen molar-refractivity contribution < 1.29 is 9.47 Å². The number of fused-ring (bicyclic) bond motifs is 1. The predicted molar refractivity (Wildman–Crippen MR) is 105 cm³/mol. The van der Waals surface area contributed by atoms with Gasteiger partial charge >= 0.3 is 0 Å². The molecule has 0 spiro atoms. The van der Waals surface area contributed by atoms with E-state index in [1.54, 1.807) is 11.3 Å². The molecule has 0 radical (unpaired) electrons. The zero-order chi connectivity index (χ0) is 18.8. The Morgan fingerprint density at radius 2 is 1.75 bits per heavy atom. The van der Waals surface area contributed by atoms with E-state index in [1.807, 2.05) is 6.07 Å². The number of nitrogens with one attached hydrogen (secondary N) is 1. The van der Waals surface area contributed by atoms with Crippen molar-refractivity contribution in [2.75, 3.05) is 39.4 Å². The molecule has 0 unspecified atom stereocenters. The van der Waals surface area contributed by atoms with Crippen molar-refractivity contribution in [1.29, 1.82) is 0 Å². The van der Waals surface area contributed by atoms with Crippen LogP contribution in [0.3, 0.4) is 0 Å². The van der Waals surface area contributed by atoms with Gasteiger partial charge in [-0.05, 0) is 39.9 Å². The molecule has 8 nitrogen and oxygen atoms in total. The van der Waals surface area contributed by atoms with Gasteiger partial charge in [-0.15, -0.1) is 21.5 Å². The van der Waals surface area contributed by atoms with Crippen LogP contribution in [0.4, 0.5) is 0 Å². The van der Waals surface area contributed by atoms with E-state index in [2.05, 4.69) is 54.0 Å². The number of benzene rings is 1. The van der Waals surface area contributed by atoms with E-state index >= 15 is 0 Å². The molecule has 0 atom stereocenters. The molecule has 2 aliphatic heterocycles. The fourth-order valence-corrected chi connectivity index (χ4v) is 4.55. The molecule has 0 amide bonds. The maximum Gasteiger partial charge on any atom is 0.214 e. The first kappa shape index (κ1) is 17.6. The molecule has 1 N–H and O–H groups in total. The second-order valence-electron chi connectivity index (χ2n) is 7.04. The highest BCUT2D eigenvalue weighted by molar-refractivity contribution is 7.13. The summed E-state index contributed by atoms with van der Waals surface area (Å²) in [6.07, 6.45) is 0. The highest BCUT2D eigenvalue weighted by atomic mass is 32.1. The molecule has 0 bridgehead atoms. The lowest BCUT2D eigenvalue weighted by Gasteiger charge is -2.34. The van der Waals surface area contributed by atoms with E-state index in [1.165, 1.54) is 11.1 Å². The Balaban J connectivity index is 1.17. The maximum atomic E-state index is 5.70. The Bertz CT molecular complexity index is 920. The average molecular weight is 398 g/mol. The van der Waals surface area contributed by atoms with Crippen molar-refractivity contribution in [3.63, 3.8) is 0 Å². The molecular weight excluding hydrogens is 376 g/mol. The zero-order valence-corrected chi connectivity index (χ0v) is 16.3. The van der Waals surface area contributed by atoms with Crippen LogP contribution in [0, 0.1) is 0 Å². The first-order chi connectivity index (χ1) is 13.8. The van der Waals surface area contributed by atoms with Crippen LogP contribution in [0.25, 0.3) is 10.7 Å². The highest BCUT2D eigenvalue weighted by Crippen LogP contribution is 2.31. The lowest BCUT2D eigenvalue weighted by Crippen LogP contribution is -2.45. The van der Waals surface area contributed by atoms with E-state index in [0.717, 1.165) is 55.6 Å². The number of piperazine rings is 1. The van der Waals surface area contributed by atoms with E-state index < -0.39 is 0 Å². The number of ether oxygens (including phenoxy) is 2. The third-order valence-corrected chi connectivity index (χ3v) is 6.12. The predicted octanol–water partition coefficient (Wildman–Crippen LogP) is 2.02. The molecule has 5 rings (SSSR count). The largest absolute Gasteiger partial charge is 0.486 e. The van der Waals surface area contributed by atoms with Crippen molar-refractivity contribution in [1.82, 2.24) is 30.4 Å². The van der Waals surface area contributed by atoms with Gasteiger partial charge < -0.3 is 9.47 Å². The van der Waals surface area contributed by atoms with Gasteiger partial charge in [-0.1, -0.05) is 6.07 Å². The van der Waals surface area contributed by atoms with Gasteiger partial charge in [0.1, 0.15) is 13.2 Å². The maximum absolute atomic E-state index is 5.70. The van der Waals surface area contributed by atoms with Crippen LogP contribution < -0.4 is 9.47 Å². The van der Waals surface area contributed by atoms with Crippen molar-refractivity contribution in [3.8, 4) is 22.2 Å². The Labute approximate surface area is 167 Å².